The Bertz CT molecular complexity index is 245. The zero-order valence-corrected chi connectivity index (χ0v) is 11.5. The largest absolute Gasteiger partial charge is 0.393 e. The summed E-state index contributed by atoms with van der Waals surface area (Å²) in [5.41, 5.74) is 5.57. The molecule has 1 amide bonds. The second-order valence-electron chi connectivity index (χ2n) is 4.04. The minimum absolute atomic E-state index is 0.138. The lowest BCUT2D eigenvalue weighted by atomic mass is 10.1. The summed E-state index contributed by atoms with van der Waals surface area (Å²) in [6.07, 6.45) is 0. The van der Waals surface area contributed by atoms with Gasteiger partial charge in [0.05, 0.1) is 11.5 Å². The van der Waals surface area contributed by atoms with Crippen molar-refractivity contribution in [2.24, 2.45) is 11.7 Å². The lowest BCUT2D eigenvalue weighted by Gasteiger charge is -2.25. The van der Waals surface area contributed by atoms with E-state index < -0.39 is 0 Å². The van der Waals surface area contributed by atoms with Gasteiger partial charge in [-0.25, -0.2) is 0 Å². The monoisotopic (exact) mass is 245 g/mol. The number of amides is 1. The molecule has 0 aliphatic rings. The summed E-state index contributed by atoms with van der Waals surface area (Å²) >= 11 is 4.93. The first kappa shape index (κ1) is 15.3. The summed E-state index contributed by atoms with van der Waals surface area (Å²) in [6.45, 7) is 8.73. The molecule has 0 rings (SSSR count). The molecule has 2 N–H and O–H groups in total. The van der Waals surface area contributed by atoms with Crippen LogP contribution in [0.15, 0.2) is 0 Å². The third-order valence-electron chi connectivity index (χ3n) is 2.72. The molecule has 0 aromatic rings. The zero-order valence-electron chi connectivity index (χ0n) is 10.7. The van der Waals surface area contributed by atoms with Gasteiger partial charge in [-0.05, 0) is 13.5 Å². The Morgan fingerprint density at radius 3 is 2.31 bits per heavy atom. The van der Waals surface area contributed by atoms with Crippen molar-refractivity contribution in [3.8, 4) is 0 Å². The molecule has 0 aliphatic carbocycles. The van der Waals surface area contributed by atoms with E-state index in [0.29, 0.717) is 11.5 Å². The number of rotatable bonds is 7. The van der Waals surface area contributed by atoms with Crippen LogP contribution in [0.1, 0.15) is 20.8 Å². The molecule has 0 aromatic heterocycles. The Kier molecular flexibility index (Phi) is 7.25. The van der Waals surface area contributed by atoms with Crippen LogP contribution in [0, 0.1) is 5.92 Å². The van der Waals surface area contributed by atoms with Crippen LogP contribution in [0.4, 0.5) is 0 Å². The van der Waals surface area contributed by atoms with Crippen LogP contribution in [0.2, 0.25) is 0 Å². The van der Waals surface area contributed by atoms with Crippen LogP contribution in [-0.4, -0.2) is 53.9 Å². The zero-order chi connectivity index (χ0) is 12.7. The smallest absolute Gasteiger partial charge is 0.236 e. The molecule has 0 radical (unpaired) electrons. The Morgan fingerprint density at radius 1 is 1.38 bits per heavy atom. The van der Waals surface area contributed by atoms with E-state index in [2.05, 4.69) is 4.90 Å². The fourth-order valence-electron chi connectivity index (χ4n) is 1.27. The maximum atomic E-state index is 11.7. The van der Waals surface area contributed by atoms with Crippen molar-refractivity contribution >= 4 is 23.1 Å². The molecular formula is C11H23N3OS. The van der Waals surface area contributed by atoms with Gasteiger partial charge in [-0.15, -0.1) is 0 Å². The highest BCUT2D eigenvalue weighted by molar-refractivity contribution is 7.80. The molecule has 4 nitrogen and oxygen atoms in total. The Balaban J connectivity index is 4.20. The van der Waals surface area contributed by atoms with Gasteiger partial charge in [0.1, 0.15) is 0 Å². The van der Waals surface area contributed by atoms with Gasteiger partial charge >= 0.3 is 0 Å². The predicted molar refractivity (Wildman–Crippen MR) is 71.4 cm³/mol. The van der Waals surface area contributed by atoms with E-state index in [0.717, 1.165) is 19.6 Å². The van der Waals surface area contributed by atoms with Crippen molar-refractivity contribution in [1.29, 1.82) is 0 Å². The Labute approximate surface area is 104 Å². The van der Waals surface area contributed by atoms with Crippen molar-refractivity contribution in [3.63, 3.8) is 0 Å². The fraction of sp³-hybridized carbons (Fsp3) is 0.818. The number of carbonyl (C=O) groups is 1. The van der Waals surface area contributed by atoms with Crippen molar-refractivity contribution in [3.05, 3.63) is 0 Å². The number of likely N-dealkylation sites (N-methyl/N-ethyl adjacent to an activating group) is 2. The third-order valence-corrected chi connectivity index (χ3v) is 3.13. The second-order valence-corrected chi connectivity index (χ2v) is 4.51. The number of thiocarbonyl (C=S) groups is 1. The average Bonchev–Trinajstić information content (AvgIpc) is 2.26. The van der Waals surface area contributed by atoms with Gasteiger partial charge in [-0.1, -0.05) is 26.1 Å². The standard InChI is InChI=1S/C11H23N3OS/c1-5-13(4)10(15)8-14(6-2)7-9(3)11(12)16/h9H,5-8H2,1-4H3,(H2,12,16). The molecule has 0 aromatic carbocycles. The molecule has 94 valence electrons. The van der Waals surface area contributed by atoms with Crippen molar-refractivity contribution in [1.82, 2.24) is 9.80 Å². The molecule has 1 atom stereocenters. The van der Waals surface area contributed by atoms with Gasteiger partial charge < -0.3 is 10.6 Å². The van der Waals surface area contributed by atoms with E-state index in [1.54, 1.807) is 4.90 Å². The summed E-state index contributed by atoms with van der Waals surface area (Å²) in [7, 11) is 1.81. The SMILES string of the molecule is CCN(CC(=O)N(C)CC)CC(C)C(N)=S. The molecule has 0 saturated heterocycles. The topological polar surface area (TPSA) is 49.6 Å². The predicted octanol–water partition coefficient (Wildman–Crippen LogP) is 0.709. The lowest BCUT2D eigenvalue weighted by molar-refractivity contribution is -0.130. The molecule has 0 heterocycles. The highest BCUT2D eigenvalue weighted by Gasteiger charge is 2.15. The van der Waals surface area contributed by atoms with E-state index in [9.17, 15) is 4.79 Å². The molecule has 0 spiro atoms. The van der Waals surface area contributed by atoms with Crippen LogP contribution in [-0.2, 0) is 4.79 Å². The van der Waals surface area contributed by atoms with Crippen LogP contribution in [0.3, 0.4) is 0 Å². The van der Waals surface area contributed by atoms with Crippen molar-refractivity contribution < 1.29 is 4.79 Å². The van der Waals surface area contributed by atoms with Gasteiger partial charge in [0.2, 0.25) is 5.91 Å². The van der Waals surface area contributed by atoms with Crippen molar-refractivity contribution in [2.45, 2.75) is 20.8 Å². The molecule has 0 saturated carbocycles. The number of nitrogens with zero attached hydrogens (tertiary/aromatic N) is 2. The summed E-state index contributed by atoms with van der Waals surface area (Å²) in [5.74, 6) is 0.286. The fourth-order valence-corrected chi connectivity index (χ4v) is 1.35. The van der Waals surface area contributed by atoms with Gasteiger partial charge in [-0.3, -0.25) is 9.69 Å². The highest BCUT2D eigenvalue weighted by atomic mass is 32.1. The minimum Gasteiger partial charge on any atom is -0.393 e. The first-order valence-corrected chi connectivity index (χ1v) is 6.08. The van der Waals surface area contributed by atoms with Crippen LogP contribution < -0.4 is 5.73 Å². The normalized spacial score (nSPS) is 12.6. The van der Waals surface area contributed by atoms with E-state index >= 15 is 0 Å². The molecular weight excluding hydrogens is 222 g/mol. The molecule has 5 heteroatoms. The quantitative estimate of drug-likeness (QED) is 0.671. The minimum atomic E-state index is 0.138. The van der Waals surface area contributed by atoms with E-state index in [-0.39, 0.29) is 11.8 Å². The number of nitrogens with two attached hydrogens (primary N) is 1. The summed E-state index contributed by atoms with van der Waals surface area (Å²) in [5, 5.41) is 0. The van der Waals surface area contributed by atoms with Gasteiger partial charge in [-0.2, -0.15) is 0 Å². The highest BCUT2D eigenvalue weighted by Crippen LogP contribution is 2.01. The van der Waals surface area contributed by atoms with Gasteiger partial charge in [0.25, 0.3) is 0 Å². The van der Waals surface area contributed by atoms with Crippen LogP contribution >= 0.6 is 12.2 Å². The lowest BCUT2D eigenvalue weighted by Crippen LogP contribution is -2.41. The van der Waals surface area contributed by atoms with E-state index in [4.69, 9.17) is 18.0 Å². The van der Waals surface area contributed by atoms with Gasteiger partial charge in [0.15, 0.2) is 0 Å². The van der Waals surface area contributed by atoms with Gasteiger partial charge in [0, 0.05) is 26.1 Å². The number of carbonyl (C=O) groups excluding carboxylic acids is 1. The average molecular weight is 245 g/mol. The molecule has 0 fully saturated rings. The Hall–Kier alpha value is -0.680. The third kappa shape index (κ3) is 5.42. The number of hydrogen-bond acceptors (Lipinski definition) is 3. The molecule has 16 heavy (non-hydrogen) atoms. The maximum Gasteiger partial charge on any atom is 0.236 e. The maximum absolute atomic E-state index is 11.7. The van der Waals surface area contributed by atoms with Crippen LogP contribution in [0.5, 0.6) is 0 Å². The summed E-state index contributed by atoms with van der Waals surface area (Å²) in [4.78, 5) is 16.0. The van der Waals surface area contributed by atoms with E-state index in [1.807, 2.05) is 27.8 Å². The molecule has 0 aliphatic heterocycles. The number of hydrogen-bond donors (Lipinski definition) is 1. The van der Waals surface area contributed by atoms with Crippen LogP contribution in [0.25, 0.3) is 0 Å². The summed E-state index contributed by atoms with van der Waals surface area (Å²) < 4.78 is 0. The molecule has 0 bridgehead atoms. The second kappa shape index (κ2) is 7.57. The van der Waals surface area contributed by atoms with E-state index in [1.165, 1.54) is 0 Å². The first-order valence-electron chi connectivity index (χ1n) is 5.67. The van der Waals surface area contributed by atoms with Crippen molar-refractivity contribution in [2.75, 3.05) is 33.2 Å². The summed E-state index contributed by atoms with van der Waals surface area (Å²) in [6, 6.07) is 0. The first-order chi connectivity index (χ1) is 7.42. The Morgan fingerprint density at radius 2 is 1.94 bits per heavy atom. The molecule has 1 unspecified atom stereocenters.